The van der Waals surface area contributed by atoms with Gasteiger partial charge in [0.05, 0.1) is 0 Å². The van der Waals surface area contributed by atoms with Gasteiger partial charge in [-0.1, -0.05) is 12.1 Å². The Morgan fingerprint density at radius 2 is 2.00 bits per heavy atom. The van der Waals surface area contributed by atoms with E-state index >= 15 is 0 Å². The third-order valence-electron chi connectivity index (χ3n) is 5.10. The van der Waals surface area contributed by atoms with E-state index in [1.807, 2.05) is 6.07 Å². The molecule has 0 amide bonds. The lowest BCUT2D eigenvalue weighted by atomic mass is 9.83. The van der Waals surface area contributed by atoms with Gasteiger partial charge in [0.2, 0.25) is 0 Å². The van der Waals surface area contributed by atoms with E-state index in [9.17, 15) is 4.39 Å². The molecule has 2 bridgehead atoms. The van der Waals surface area contributed by atoms with Crippen LogP contribution in [0.2, 0.25) is 0 Å². The molecule has 0 saturated carbocycles. The lowest BCUT2D eigenvalue weighted by molar-refractivity contribution is 0.120. The Labute approximate surface area is 114 Å². The van der Waals surface area contributed by atoms with Gasteiger partial charge >= 0.3 is 0 Å². The van der Waals surface area contributed by atoms with Crippen LogP contribution in [0.15, 0.2) is 24.3 Å². The summed E-state index contributed by atoms with van der Waals surface area (Å²) >= 11 is 0. The molecule has 0 radical (unpaired) electrons. The Morgan fingerprint density at radius 1 is 1.32 bits per heavy atom. The van der Waals surface area contributed by atoms with E-state index < -0.39 is 0 Å². The van der Waals surface area contributed by atoms with Crippen LogP contribution in [0, 0.1) is 11.7 Å². The minimum atomic E-state index is -0.159. The number of rotatable bonds is 3. The molecule has 0 aromatic heterocycles. The summed E-state index contributed by atoms with van der Waals surface area (Å²) in [5.74, 6) is 0.435. The van der Waals surface area contributed by atoms with Crippen molar-refractivity contribution in [3.8, 4) is 0 Å². The molecule has 2 saturated heterocycles. The van der Waals surface area contributed by atoms with Gasteiger partial charge in [-0.25, -0.2) is 4.39 Å². The zero-order valence-electron chi connectivity index (χ0n) is 11.6. The minimum Gasteiger partial charge on any atom is -0.327 e. The number of nitrogens with zero attached hydrogens (tertiary/aromatic N) is 1. The summed E-state index contributed by atoms with van der Waals surface area (Å²) in [5.41, 5.74) is 7.41. The molecular formula is C16H23FN2. The van der Waals surface area contributed by atoms with Crippen molar-refractivity contribution >= 4 is 0 Å². The molecular weight excluding hydrogens is 239 g/mol. The number of halogens is 1. The van der Waals surface area contributed by atoms with Crippen LogP contribution in [0.3, 0.4) is 0 Å². The summed E-state index contributed by atoms with van der Waals surface area (Å²) in [6.07, 6.45) is 5.87. The number of hydrogen-bond donors (Lipinski definition) is 1. The topological polar surface area (TPSA) is 29.3 Å². The van der Waals surface area contributed by atoms with Crippen LogP contribution in [0.4, 0.5) is 4.39 Å². The standard InChI is InChI=1S/C16H23FN2/c1-19-14-5-6-15(19)10-12(9-14)16(18)8-11-3-2-4-13(17)7-11/h2-4,7,12,14-16H,5-6,8-10,18H2,1H3. The maximum Gasteiger partial charge on any atom is 0.123 e. The monoisotopic (exact) mass is 262 g/mol. The zero-order chi connectivity index (χ0) is 13.4. The number of nitrogens with two attached hydrogens (primary N) is 1. The van der Waals surface area contributed by atoms with Crippen LogP contribution in [-0.2, 0) is 6.42 Å². The maximum absolute atomic E-state index is 13.2. The molecule has 2 aliphatic rings. The lowest BCUT2D eigenvalue weighted by Crippen LogP contribution is -2.46. The highest BCUT2D eigenvalue weighted by molar-refractivity contribution is 5.17. The van der Waals surface area contributed by atoms with Gasteiger partial charge in [0.15, 0.2) is 0 Å². The summed E-state index contributed by atoms with van der Waals surface area (Å²) in [6, 6.07) is 8.47. The van der Waals surface area contributed by atoms with E-state index in [4.69, 9.17) is 5.73 Å². The van der Waals surface area contributed by atoms with Gasteiger partial charge in [0.25, 0.3) is 0 Å². The Hall–Kier alpha value is -0.930. The largest absolute Gasteiger partial charge is 0.327 e. The summed E-state index contributed by atoms with van der Waals surface area (Å²) in [7, 11) is 2.25. The van der Waals surface area contributed by atoms with Crippen molar-refractivity contribution in [2.45, 2.75) is 50.2 Å². The molecule has 2 heterocycles. The fourth-order valence-corrected chi connectivity index (χ4v) is 3.91. The molecule has 104 valence electrons. The third kappa shape index (κ3) is 2.67. The molecule has 19 heavy (non-hydrogen) atoms. The molecule has 0 spiro atoms. The molecule has 3 heteroatoms. The smallest absolute Gasteiger partial charge is 0.123 e. The number of fused-ring (bicyclic) bond motifs is 2. The molecule has 3 atom stereocenters. The van der Waals surface area contributed by atoms with Crippen LogP contribution in [-0.4, -0.2) is 30.1 Å². The summed E-state index contributed by atoms with van der Waals surface area (Å²) in [6.45, 7) is 0. The average Bonchev–Trinajstić information content (AvgIpc) is 2.62. The predicted octanol–water partition coefficient (Wildman–Crippen LogP) is 2.57. The first-order valence-electron chi connectivity index (χ1n) is 7.35. The lowest BCUT2D eigenvalue weighted by Gasteiger charge is -2.38. The molecule has 2 nitrogen and oxygen atoms in total. The minimum absolute atomic E-state index is 0.159. The highest BCUT2D eigenvalue weighted by Gasteiger charge is 2.40. The molecule has 1 aromatic rings. The van der Waals surface area contributed by atoms with Gasteiger partial charge < -0.3 is 10.6 Å². The average molecular weight is 262 g/mol. The van der Waals surface area contributed by atoms with Gasteiger partial charge in [-0.05, 0) is 62.8 Å². The Balaban J connectivity index is 1.64. The molecule has 2 N–H and O–H groups in total. The maximum atomic E-state index is 13.2. The molecule has 3 rings (SSSR count). The van der Waals surface area contributed by atoms with E-state index in [-0.39, 0.29) is 11.9 Å². The first-order chi connectivity index (χ1) is 9.13. The molecule has 2 aliphatic heterocycles. The second-order valence-corrected chi connectivity index (χ2v) is 6.28. The van der Waals surface area contributed by atoms with Gasteiger partial charge in [-0.3, -0.25) is 0 Å². The predicted molar refractivity (Wildman–Crippen MR) is 75.4 cm³/mol. The quantitative estimate of drug-likeness (QED) is 0.907. The van der Waals surface area contributed by atoms with Crippen molar-refractivity contribution in [2.24, 2.45) is 11.7 Å². The normalized spacial score (nSPS) is 32.5. The van der Waals surface area contributed by atoms with Gasteiger partial charge in [0.1, 0.15) is 5.82 Å². The summed E-state index contributed by atoms with van der Waals surface area (Å²) in [5, 5.41) is 0. The Bertz CT molecular complexity index is 434. The van der Waals surface area contributed by atoms with Crippen molar-refractivity contribution in [1.82, 2.24) is 4.90 Å². The zero-order valence-corrected chi connectivity index (χ0v) is 11.6. The second-order valence-electron chi connectivity index (χ2n) is 6.28. The van der Waals surface area contributed by atoms with Crippen molar-refractivity contribution in [2.75, 3.05) is 7.05 Å². The van der Waals surface area contributed by atoms with E-state index in [0.717, 1.165) is 24.1 Å². The van der Waals surface area contributed by atoms with Crippen LogP contribution in [0.25, 0.3) is 0 Å². The van der Waals surface area contributed by atoms with E-state index in [0.29, 0.717) is 5.92 Å². The van der Waals surface area contributed by atoms with E-state index in [1.54, 1.807) is 12.1 Å². The van der Waals surface area contributed by atoms with Crippen LogP contribution in [0.5, 0.6) is 0 Å². The SMILES string of the molecule is CN1C2CCC1CC(C(N)Cc1cccc(F)c1)C2. The van der Waals surface area contributed by atoms with Crippen LogP contribution < -0.4 is 5.73 Å². The van der Waals surface area contributed by atoms with Crippen molar-refractivity contribution in [1.29, 1.82) is 0 Å². The molecule has 1 aromatic carbocycles. The second kappa shape index (κ2) is 5.22. The van der Waals surface area contributed by atoms with Gasteiger partial charge in [0, 0.05) is 18.1 Å². The summed E-state index contributed by atoms with van der Waals surface area (Å²) in [4.78, 5) is 2.53. The van der Waals surface area contributed by atoms with Crippen LogP contribution in [0.1, 0.15) is 31.2 Å². The highest BCUT2D eigenvalue weighted by Crippen LogP contribution is 2.38. The van der Waals surface area contributed by atoms with Crippen molar-refractivity contribution in [3.63, 3.8) is 0 Å². The van der Waals surface area contributed by atoms with Crippen LogP contribution >= 0.6 is 0 Å². The van der Waals surface area contributed by atoms with E-state index in [2.05, 4.69) is 11.9 Å². The van der Waals surface area contributed by atoms with E-state index in [1.165, 1.54) is 31.7 Å². The fraction of sp³-hybridized carbons (Fsp3) is 0.625. The number of benzene rings is 1. The fourth-order valence-electron chi connectivity index (χ4n) is 3.91. The first kappa shape index (κ1) is 13.1. The van der Waals surface area contributed by atoms with Gasteiger partial charge in [-0.15, -0.1) is 0 Å². The van der Waals surface area contributed by atoms with Gasteiger partial charge in [-0.2, -0.15) is 0 Å². The number of piperidine rings is 1. The number of hydrogen-bond acceptors (Lipinski definition) is 2. The first-order valence-corrected chi connectivity index (χ1v) is 7.35. The summed E-state index contributed by atoms with van der Waals surface area (Å²) < 4.78 is 13.2. The van der Waals surface area contributed by atoms with Crippen molar-refractivity contribution < 1.29 is 4.39 Å². The Kier molecular flexibility index (Phi) is 3.59. The Morgan fingerprint density at radius 3 is 2.63 bits per heavy atom. The molecule has 3 unspecified atom stereocenters. The molecule has 0 aliphatic carbocycles. The third-order valence-corrected chi connectivity index (χ3v) is 5.10. The highest BCUT2D eigenvalue weighted by atomic mass is 19.1. The van der Waals surface area contributed by atoms with Crippen molar-refractivity contribution in [3.05, 3.63) is 35.6 Å². The molecule has 2 fully saturated rings.